The molecule has 19 heavy (non-hydrogen) atoms. The minimum absolute atomic E-state index is 0.676. The summed E-state index contributed by atoms with van der Waals surface area (Å²) in [5, 5.41) is 2.69. The Morgan fingerprint density at radius 1 is 0.895 bits per heavy atom. The predicted molar refractivity (Wildman–Crippen MR) is 91.2 cm³/mol. The lowest BCUT2D eigenvalue weighted by atomic mass is 10.1. The molecule has 0 unspecified atom stereocenters. The third-order valence-electron chi connectivity index (χ3n) is 3.48. The molecule has 1 heterocycles. The van der Waals surface area contributed by atoms with E-state index < -0.39 is 10.0 Å². The van der Waals surface area contributed by atoms with Crippen LogP contribution in [-0.2, 0) is 0 Å². The van der Waals surface area contributed by atoms with Gasteiger partial charge in [0.1, 0.15) is 0 Å². The second kappa shape index (κ2) is 4.50. The lowest BCUT2D eigenvalue weighted by molar-refractivity contribution is 1.46. The Bertz CT molecular complexity index is 750. The van der Waals surface area contributed by atoms with Crippen molar-refractivity contribution in [2.45, 2.75) is 9.79 Å². The number of thioether (sulfide) groups is 1. The summed E-state index contributed by atoms with van der Waals surface area (Å²) in [7, 11) is -0.676. The lowest BCUT2D eigenvalue weighted by Gasteiger charge is -2.25. The van der Waals surface area contributed by atoms with Crippen molar-refractivity contribution in [1.29, 1.82) is 0 Å². The number of H-pyrrole nitrogens is 1. The third kappa shape index (κ3) is 2.26. The minimum Gasteiger partial charge on any atom is -0.355 e. The van der Waals surface area contributed by atoms with Crippen LogP contribution in [0.3, 0.4) is 0 Å². The predicted octanol–water partition coefficient (Wildman–Crippen LogP) is 5.10. The van der Waals surface area contributed by atoms with E-state index in [9.17, 15) is 0 Å². The van der Waals surface area contributed by atoms with Crippen LogP contribution in [0.4, 0.5) is 0 Å². The average molecular weight is 289 g/mol. The Balaban J connectivity index is 2.33. The van der Waals surface area contributed by atoms with Crippen molar-refractivity contribution >= 4 is 43.6 Å². The van der Waals surface area contributed by atoms with Gasteiger partial charge in [0.05, 0.1) is 0 Å². The Kier molecular flexibility index (Phi) is 3.06. The van der Waals surface area contributed by atoms with E-state index in [0.717, 1.165) is 0 Å². The van der Waals surface area contributed by atoms with Crippen LogP contribution < -0.4 is 0 Å². The Morgan fingerprint density at radius 2 is 1.53 bits per heavy atom. The van der Waals surface area contributed by atoms with Gasteiger partial charge >= 0.3 is 0 Å². The van der Waals surface area contributed by atoms with Crippen molar-refractivity contribution in [3.05, 3.63) is 36.4 Å². The molecular formula is C16H19NS2. The Hall–Kier alpha value is -1.06. The number of hydrogen-bond acceptors (Lipinski definition) is 1. The van der Waals surface area contributed by atoms with Crippen LogP contribution >= 0.6 is 21.8 Å². The van der Waals surface area contributed by atoms with Crippen molar-refractivity contribution in [2.75, 3.05) is 25.0 Å². The molecule has 3 rings (SSSR count). The molecule has 0 fully saturated rings. The van der Waals surface area contributed by atoms with Gasteiger partial charge in [-0.2, -0.15) is 0 Å². The van der Waals surface area contributed by atoms with Gasteiger partial charge in [-0.3, -0.25) is 0 Å². The van der Waals surface area contributed by atoms with Crippen LogP contribution in [0.5, 0.6) is 0 Å². The lowest BCUT2D eigenvalue weighted by Crippen LogP contribution is -1.92. The molecule has 3 aromatic rings. The summed E-state index contributed by atoms with van der Waals surface area (Å²) in [6.45, 7) is 0. The summed E-state index contributed by atoms with van der Waals surface area (Å²) in [6.07, 6.45) is 9.16. The molecule has 0 saturated carbocycles. The molecule has 0 aliphatic carbocycles. The zero-order valence-electron chi connectivity index (χ0n) is 11.8. The summed E-state index contributed by atoms with van der Waals surface area (Å²) in [5.41, 5.74) is 2.47. The molecule has 0 aliphatic heterocycles. The van der Waals surface area contributed by atoms with Crippen molar-refractivity contribution in [2.24, 2.45) is 0 Å². The molecule has 1 N–H and O–H groups in total. The van der Waals surface area contributed by atoms with E-state index in [2.05, 4.69) is 66.4 Å². The van der Waals surface area contributed by atoms with Crippen molar-refractivity contribution < 1.29 is 0 Å². The molecule has 0 spiro atoms. The van der Waals surface area contributed by atoms with Gasteiger partial charge in [-0.1, -0.05) is 0 Å². The Labute approximate surface area is 120 Å². The maximum absolute atomic E-state index is 3.51. The standard InChI is InChI=1S/C16H19NS2/c1-18-11-5-7-15-13(9-11)14-10-12(19(2,3)4)6-8-16(14)17-15/h5-10,17H,1-4H3. The van der Waals surface area contributed by atoms with E-state index >= 15 is 0 Å². The van der Waals surface area contributed by atoms with Gasteiger partial charge in [0.25, 0.3) is 0 Å². The van der Waals surface area contributed by atoms with Gasteiger partial charge in [0, 0.05) is 26.7 Å². The summed E-state index contributed by atoms with van der Waals surface area (Å²) < 4.78 is 0. The van der Waals surface area contributed by atoms with Crippen LogP contribution in [0, 0.1) is 0 Å². The highest BCUT2D eigenvalue weighted by Gasteiger charge is 2.11. The highest BCUT2D eigenvalue weighted by Crippen LogP contribution is 2.46. The largest absolute Gasteiger partial charge is 0.355 e. The molecule has 1 aromatic heterocycles. The maximum Gasteiger partial charge on any atom is 0.0465 e. The topological polar surface area (TPSA) is 15.8 Å². The minimum atomic E-state index is -0.676. The quantitative estimate of drug-likeness (QED) is 0.649. The number of benzene rings is 2. The van der Waals surface area contributed by atoms with E-state index in [4.69, 9.17) is 0 Å². The van der Waals surface area contributed by atoms with Gasteiger partial charge in [-0.25, -0.2) is 10.0 Å². The number of nitrogens with one attached hydrogen (secondary N) is 1. The zero-order chi connectivity index (χ0) is 13.6. The first-order valence-corrected chi connectivity index (χ1v) is 10.3. The summed E-state index contributed by atoms with van der Waals surface area (Å²) >= 11 is 1.80. The van der Waals surface area contributed by atoms with Gasteiger partial charge in [0.15, 0.2) is 0 Å². The van der Waals surface area contributed by atoms with Crippen LogP contribution in [0.15, 0.2) is 46.2 Å². The molecule has 1 nitrogen and oxygen atoms in total. The fraction of sp³-hybridized carbons (Fsp3) is 0.250. The van der Waals surface area contributed by atoms with Gasteiger partial charge in [0.2, 0.25) is 0 Å². The van der Waals surface area contributed by atoms with E-state index in [1.54, 1.807) is 11.8 Å². The van der Waals surface area contributed by atoms with E-state index in [0.29, 0.717) is 0 Å². The summed E-state index contributed by atoms with van der Waals surface area (Å²) in [4.78, 5) is 6.30. The summed E-state index contributed by atoms with van der Waals surface area (Å²) in [5.74, 6) is 0. The number of rotatable bonds is 2. The van der Waals surface area contributed by atoms with Gasteiger partial charge < -0.3 is 4.98 Å². The molecule has 0 bridgehead atoms. The van der Waals surface area contributed by atoms with Crippen molar-refractivity contribution in [3.8, 4) is 0 Å². The molecule has 0 aliphatic rings. The normalized spacial score (nSPS) is 13.3. The van der Waals surface area contributed by atoms with E-state index in [1.807, 2.05) is 0 Å². The molecule has 3 heteroatoms. The number of aromatic nitrogens is 1. The SMILES string of the molecule is CSc1ccc2[nH]c3ccc(S(C)(C)C)cc3c2c1. The first kappa shape index (κ1) is 12.9. The summed E-state index contributed by atoms with van der Waals surface area (Å²) in [6, 6.07) is 13.5. The fourth-order valence-electron chi connectivity index (χ4n) is 2.36. The maximum atomic E-state index is 3.51. The molecule has 0 radical (unpaired) electrons. The van der Waals surface area contributed by atoms with Crippen LogP contribution in [0.25, 0.3) is 21.8 Å². The number of fused-ring (bicyclic) bond motifs is 3. The molecule has 2 aromatic carbocycles. The van der Waals surface area contributed by atoms with Crippen molar-refractivity contribution in [3.63, 3.8) is 0 Å². The van der Waals surface area contributed by atoms with Crippen molar-refractivity contribution in [1.82, 2.24) is 4.98 Å². The molecule has 0 amide bonds. The molecule has 0 atom stereocenters. The van der Waals surface area contributed by atoms with Crippen LogP contribution in [0.1, 0.15) is 0 Å². The smallest absolute Gasteiger partial charge is 0.0465 e. The highest BCUT2D eigenvalue weighted by atomic mass is 32.3. The fourth-order valence-corrected chi connectivity index (χ4v) is 3.75. The third-order valence-corrected chi connectivity index (χ3v) is 5.88. The van der Waals surface area contributed by atoms with Crippen LogP contribution in [0.2, 0.25) is 0 Å². The molecule has 100 valence electrons. The molecule has 0 saturated heterocycles. The monoisotopic (exact) mass is 289 g/mol. The molecular weight excluding hydrogens is 270 g/mol. The van der Waals surface area contributed by atoms with E-state index in [-0.39, 0.29) is 0 Å². The van der Waals surface area contributed by atoms with Gasteiger partial charge in [-0.15, -0.1) is 11.8 Å². The van der Waals surface area contributed by atoms with E-state index in [1.165, 1.54) is 31.6 Å². The second-order valence-corrected chi connectivity index (χ2v) is 10.6. The number of hydrogen-bond donors (Lipinski definition) is 1. The highest BCUT2D eigenvalue weighted by molar-refractivity contribution is 8.32. The van der Waals surface area contributed by atoms with Gasteiger partial charge in [-0.05, 0) is 66.3 Å². The first-order valence-electron chi connectivity index (χ1n) is 6.27. The first-order chi connectivity index (χ1) is 8.99. The number of aromatic amines is 1. The average Bonchev–Trinajstić information content (AvgIpc) is 2.74. The zero-order valence-corrected chi connectivity index (χ0v) is 13.4. The van der Waals surface area contributed by atoms with Crippen LogP contribution in [-0.4, -0.2) is 30.0 Å². The Morgan fingerprint density at radius 3 is 2.16 bits per heavy atom. The second-order valence-electron chi connectivity index (χ2n) is 5.58.